The van der Waals surface area contributed by atoms with Gasteiger partial charge in [-0.25, -0.2) is 19.2 Å². The van der Waals surface area contributed by atoms with E-state index in [4.69, 9.17) is 0 Å². The molecule has 0 spiro atoms. The minimum Gasteiger partial charge on any atom is -0.477 e. The first-order valence-electron chi connectivity index (χ1n) is 8.18. The Hall–Kier alpha value is -2.96. The SMILES string of the molecule is O=C(O)c1cncnc1N1CCC(c2c[nH]c3cc(F)ccc23)CC1. The quantitative estimate of drug-likeness (QED) is 0.765. The average Bonchev–Trinajstić information content (AvgIpc) is 3.04. The van der Waals surface area contributed by atoms with Crippen LogP contribution in [-0.4, -0.2) is 39.1 Å². The van der Waals surface area contributed by atoms with Crippen LogP contribution in [-0.2, 0) is 0 Å². The molecule has 4 rings (SSSR count). The first-order chi connectivity index (χ1) is 12.1. The normalized spacial score (nSPS) is 15.6. The molecular weight excluding hydrogens is 323 g/mol. The molecule has 1 aliphatic heterocycles. The molecule has 0 saturated carbocycles. The first kappa shape index (κ1) is 15.6. The summed E-state index contributed by atoms with van der Waals surface area (Å²) in [6, 6.07) is 4.80. The number of aromatic amines is 1. The topological polar surface area (TPSA) is 82.1 Å². The first-order valence-corrected chi connectivity index (χ1v) is 8.18. The standard InChI is InChI=1S/C18H17FN4O2/c19-12-1-2-13-14(9-21-16(13)7-12)11-3-5-23(6-4-11)17-15(18(24)25)8-20-10-22-17/h1-2,7-11,21H,3-6H2,(H,24,25). The Morgan fingerprint density at radius 2 is 2.12 bits per heavy atom. The van der Waals surface area contributed by atoms with Crippen LogP contribution in [0.3, 0.4) is 0 Å². The van der Waals surface area contributed by atoms with Gasteiger partial charge in [-0.2, -0.15) is 0 Å². The summed E-state index contributed by atoms with van der Waals surface area (Å²) in [5, 5.41) is 10.3. The van der Waals surface area contributed by atoms with E-state index in [1.54, 1.807) is 0 Å². The number of piperidine rings is 1. The molecule has 0 radical (unpaired) electrons. The van der Waals surface area contributed by atoms with Crippen LogP contribution in [0.2, 0.25) is 0 Å². The lowest BCUT2D eigenvalue weighted by Gasteiger charge is -2.33. The lowest BCUT2D eigenvalue weighted by molar-refractivity contribution is 0.0696. The molecule has 1 aromatic carbocycles. The highest BCUT2D eigenvalue weighted by atomic mass is 19.1. The number of nitrogens with one attached hydrogen (secondary N) is 1. The van der Waals surface area contributed by atoms with Gasteiger partial charge in [0.05, 0.1) is 0 Å². The Morgan fingerprint density at radius 3 is 2.88 bits per heavy atom. The van der Waals surface area contributed by atoms with Crippen LogP contribution in [0.1, 0.15) is 34.7 Å². The molecule has 25 heavy (non-hydrogen) atoms. The third-order valence-electron chi connectivity index (χ3n) is 4.83. The maximum atomic E-state index is 13.3. The molecule has 128 valence electrons. The van der Waals surface area contributed by atoms with Crippen molar-refractivity contribution in [2.75, 3.05) is 18.0 Å². The van der Waals surface area contributed by atoms with Gasteiger partial charge >= 0.3 is 5.97 Å². The van der Waals surface area contributed by atoms with E-state index < -0.39 is 5.97 Å². The minimum atomic E-state index is -1.02. The summed E-state index contributed by atoms with van der Waals surface area (Å²) in [6.45, 7) is 1.44. The van der Waals surface area contributed by atoms with Gasteiger partial charge in [0, 0.05) is 36.4 Å². The van der Waals surface area contributed by atoms with E-state index in [1.165, 1.54) is 30.2 Å². The number of aromatic nitrogens is 3. The number of rotatable bonds is 3. The number of hydrogen-bond acceptors (Lipinski definition) is 4. The van der Waals surface area contributed by atoms with Gasteiger partial charge in [0.15, 0.2) is 0 Å². The number of aromatic carboxylic acids is 1. The summed E-state index contributed by atoms with van der Waals surface area (Å²) in [6.07, 6.45) is 6.44. The van der Waals surface area contributed by atoms with Gasteiger partial charge in [-0.15, -0.1) is 0 Å². The van der Waals surface area contributed by atoms with Crippen molar-refractivity contribution in [2.45, 2.75) is 18.8 Å². The molecule has 6 nitrogen and oxygen atoms in total. The minimum absolute atomic E-state index is 0.128. The molecule has 0 unspecified atom stereocenters. The van der Waals surface area contributed by atoms with Gasteiger partial charge in [0.1, 0.15) is 23.5 Å². The number of carboxylic acids is 1. The summed E-state index contributed by atoms with van der Waals surface area (Å²) in [5.74, 6) is -0.440. The molecule has 0 atom stereocenters. The van der Waals surface area contributed by atoms with Gasteiger partial charge in [-0.1, -0.05) is 0 Å². The molecule has 3 heterocycles. The molecule has 3 aromatic rings. The molecular formula is C18H17FN4O2. The van der Waals surface area contributed by atoms with Crippen molar-refractivity contribution in [3.63, 3.8) is 0 Å². The monoisotopic (exact) mass is 340 g/mol. The fourth-order valence-corrected chi connectivity index (χ4v) is 3.59. The van der Waals surface area contributed by atoms with E-state index in [0.717, 1.165) is 36.8 Å². The zero-order valence-corrected chi connectivity index (χ0v) is 13.4. The van der Waals surface area contributed by atoms with Crippen molar-refractivity contribution in [1.82, 2.24) is 15.0 Å². The Labute approximate surface area is 143 Å². The summed E-state index contributed by atoms with van der Waals surface area (Å²) in [7, 11) is 0. The molecule has 7 heteroatoms. The van der Waals surface area contributed by atoms with Gasteiger partial charge in [-0.3, -0.25) is 0 Å². The summed E-state index contributed by atoms with van der Waals surface area (Å²) in [5.41, 5.74) is 2.13. The predicted octanol–water partition coefficient (Wildman–Crippen LogP) is 3.18. The highest BCUT2D eigenvalue weighted by Gasteiger charge is 2.26. The highest BCUT2D eigenvalue weighted by molar-refractivity contribution is 5.92. The molecule has 1 aliphatic rings. The average molecular weight is 340 g/mol. The van der Waals surface area contributed by atoms with Crippen molar-refractivity contribution in [1.29, 1.82) is 0 Å². The predicted molar refractivity (Wildman–Crippen MR) is 91.4 cm³/mol. The smallest absolute Gasteiger partial charge is 0.341 e. The summed E-state index contributed by atoms with van der Waals surface area (Å²) < 4.78 is 13.3. The highest BCUT2D eigenvalue weighted by Crippen LogP contribution is 2.34. The summed E-state index contributed by atoms with van der Waals surface area (Å²) >= 11 is 0. The Kier molecular flexibility index (Phi) is 3.83. The number of benzene rings is 1. The van der Waals surface area contributed by atoms with Crippen LogP contribution in [0.5, 0.6) is 0 Å². The molecule has 0 bridgehead atoms. The third-order valence-corrected chi connectivity index (χ3v) is 4.83. The van der Waals surface area contributed by atoms with Gasteiger partial charge < -0.3 is 15.0 Å². The zero-order chi connectivity index (χ0) is 17.4. The summed E-state index contributed by atoms with van der Waals surface area (Å²) in [4.78, 5) is 24.4. The van der Waals surface area contributed by atoms with Crippen LogP contribution in [0.15, 0.2) is 36.9 Å². The number of fused-ring (bicyclic) bond motifs is 1. The van der Waals surface area contributed by atoms with Crippen molar-refractivity contribution in [3.05, 3.63) is 53.9 Å². The Bertz CT molecular complexity index is 932. The van der Waals surface area contributed by atoms with E-state index in [-0.39, 0.29) is 11.4 Å². The van der Waals surface area contributed by atoms with E-state index in [1.807, 2.05) is 17.2 Å². The Morgan fingerprint density at radius 1 is 1.32 bits per heavy atom. The van der Waals surface area contributed by atoms with Crippen molar-refractivity contribution in [3.8, 4) is 0 Å². The number of anilines is 1. The maximum absolute atomic E-state index is 13.3. The molecule has 1 saturated heterocycles. The van der Waals surface area contributed by atoms with Crippen LogP contribution in [0, 0.1) is 5.82 Å². The van der Waals surface area contributed by atoms with Crippen molar-refractivity contribution < 1.29 is 14.3 Å². The van der Waals surface area contributed by atoms with E-state index >= 15 is 0 Å². The van der Waals surface area contributed by atoms with Gasteiger partial charge in [0.25, 0.3) is 0 Å². The molecule has 2 N–H and O–H groups in total. The fraction of sp³-hybridized carbons (Fsp3) is 0.278. The van der Waals surface area contributed by atoms with E-state index in [2.05, 4.69) is 15.0 Å². The number of H-pyrrole nitrogens is 1. The lowest BCUT2D eigenvalue weighted by Crippen LogP contribution is -2.34. The lowest BCUT2D eigenvalue weighted by atomic mass is 9.89. The number of hydrogen-bond donors (Lipinski definition) is 2. The second-order valence-electron chi connectivity index (χ2n) is 6.26. The maximum Gasteiger partial charge on any atom is 0.341 e. The number of nitrogens with zero attached hydrogens (tertiary/aromatic N) is 3. The Balaban J connectivity index is 1.54. The van der Waals surface area contributed by atoms with Gasteiger partial charge in [-0.05, 0) is 42.5 Å². The van der Waals surface area contributed by atoms with Gasteiger partial charge in [0.2, 0.25) is 0 Å². The van der Waals surface area contributed by atoms with Crippen molar-refractivity contribution in [2.24, 2.45) is 0 Å². The van der Waals surface area contributed by atoms with E-state index in [0.29, 0.717) is 11.7 Å². The molecule has 1 fully saturated rings. The van der Waals surface area contributed by atoms with Crippen LogP contribution < -0.4 is 4.90 Å². The van der Waals surface area contributed by atoms with Crippen molar-refractivity contribution >= 4 is 22.7 Å². The van der Waals surface area contributed by atoms with Crippen LogP contribution >= 0.6 is 0 Å². The largest absolute Gasteiger partial charge is 0.477 e. The van der Waals surface area contributed by atoms with Crippen LogP contribution in [0.4, 0.5) is 10.2 Å². The number of carbonyl (C=O) groups is 1. The number of halogens is 1. The molecule has 2 aromatic heterocycles. The molecule has 0 aliphatic carbocycles. The second-order valence-corrected chi connectivity index (χ2v) is 6.26. The third kappa shape index (κ3) is 2.82. The second kappa shape index (κ2) is 6.16. The van der Waals surface area contributed by atoms with Crippen LogP contribution in [0.25, 0.3) is 10.9 Å². The fourth-order valence-electron chi connectivity index (χ4n) is 3.59. The number of carboxylic acid groups (broad SMARTS) is 1. The van der Waals surface area contributed by atoms with E-state index in [9.17, 15) is 14.3 Å². The zero-order valence-electron chi connectivity index (χ0n) is 13.4. The molecule has 0 amide bonds.